The molecule has 4 nitrogen and oxygen atoms in total. The summed E-state index contributed by atoms with van der Waals surface area (Å²) in [4.78, 5) is 0. The van der Waals surface area contributed by atoms with Gasteiger partial charge in [-0.25, -0.2) is 0 Å². The second-order valence-corrected chi connectivity index (χ2v) is 5.69. The predicted molar refractivity (Wildman–Crippen MR) is 86.5 cm³/mol. The van der Waals surface area contributed by atoms with E-state index in [1.807, 2.05) is 29.9 Å². The fourth-order valence-corrected chi connectivity index (χ4v) is 2.87. The van der Waals surface area contributed by atoms with E-state index in [0.717, 1.165) is 34.8 Å². The third-order valence-electron chi connectivity index (χ3n) is 3.87. The van der Waals surface area contributed by atoms with Crippen LogP contribution in [0.2, 0.25) is 5.02 Å². The molecule has 3 rings (SSSR count). The molecule has 0 unspecified atom stereocenters. The molecular formula is C16H19ClN4. The maximum atomic E-state index is 6.14. The van der Waals surface area contributed by atoms with Crippen molar-refractivity contribution in [1.82, 2.24) is 14.3 Å². The highest BCUT2D eigenvalue weighted by atomic mass is 35.5. The summed E-state index contributed by atoms with van der Waals surface area (Å²) in [5.41, 5.74) is 10.4. The van der Waals surface area contributed by atoms with Crippen molar-refractivity contribution in [1.29, 1.82) is 0 Å². The number of nitrogens with two attached hydrogens (primary N) is 1. The molecule has 0 saturated carbocycles. The van der Waals surface area contributed by atoms with Crippen molar-refractivity contribution in [2.24, 2.45) is 12.8 Å². The van der Waals surface area contributed by atoms with Gasteiger partial charge in [-0.2, -0.15) is 5.10 Å². The molecule has 110 valence electrons. The van der Waals surface area contributed by atoms with Gasteiger partial charge in [0.15, 0.2) is 0 Å². The highest BCUT2D eigenvalue weighted by Gasteiger charge is 2.11. The van der Waals surface area contributed by atoms with Crippen molar-refractivity contribution in [3.8, 4) is 0 Å². The number of hydrogen-bond acceptors (Lipinski definition) is 2. The minimum absolute atomic E-state index is 0.525. The van der Waals surface area contributed by atoms with Crippen LogP contribution in [-0.4, -0.2) is 14.3 Å². The molecule has 0 aliphatic carbocycles. The molecule has 0 atom stereocenters. The Balaban J connectivity index is 2.07. The van der Waals surface area contributed by atoms with Crippen LogP contribution in [-0.2, 0) is 26.6 Å². The summed E-state index contributed by atoms with van der Waals surface area (Å²) in [7, 11) is 1.98. The van der Waals surface area contributed by atoms with E-state index in [2.05, 4.69) is 28.9 Å². The molecule has 0 spiro atoms. The quantitative estimate of drug-likeness (QED) is 0.805. The topological polar surface area (TPSA) is 48.8 Å². The zero-order chi connectivity index (χ0) is 15.0. The molecule has 0 bridgehead atoms. The summed E-state index contributed by atoms with van der Waals surface area (Å²) in [6.07, 6.45) is 3.06. The van der Waals surface area contributed by atoms with Crippen LogP contribution in [0, 0.1) is 0 Å². The molecule has 2 heterocycles. The highest BCUT2D eigenvalue weighted by Crippen LogP contribution is 2.25. The standard InChI is InChI=1S/C16H19ClN4/c1-3-13-7-14(20(2)19-13)10-21-9-11(8-18)15-5-4-12(17)6-16(15)21/h4-7,9H,3,8,10,18H2,1-2H3. The van der Waals surface area contributed by atoms with Gasteiger partial charge in [-0.3, -0.25) is 4.68 Å². The smallest absolute Gasteiger partial charge is 0.0645 e. The van der Waals surface area contributed by atoms with Crippen molar-refractivity contribution in [2.45, 2.75) is 26.4 Å². The number of halogens is 1. The first-order valence-electron chi connectivity index (χ1n) is 7.11. The van der Waals surface area contributed by atoms with Gasteiger partial charge in [0.1, 0.15) is 0 Å². The maximum absolute atomic E-state index is 6.14. The molecule has 0 amide bonds. The van der Waals surface area contributed by atoms with Gasteiger partial charge in [0.05, 0.1) is 23.4 Å². The van der Waals surface area contributed by atoms with E-state index in [4.69, 9.17) is 17.3 Å². The van der Waals surface area contributed by atoms with Crippen molar-refractivity contribution in [3.05, 3.63) is 52.4 Å². The molecule has 0 aliphatic heterocycles. The first-order chi connectivity index (χ1) is 10.1. The van der Waals surface area contributed by atoms with Crippen LogP contribution < -0.4 is 5.73 Å². The zero-order valence-electron chi connectivity index (χ0n) is 12.3. The highest BCUT2D eigenvalue weighted by molar-refractivity contribution is 6.31. The minimum atomic E-state index is 0.525. The Labute approximate surface area is 129 Å². The lowest BCUT2D eigenvalue weighted by atomic mass is 10.2. The SMILES string of the molecule is CCc1cc(Cn2cc(CN)c3ccc(Cl)cc32)n(C)n1. The molecule has 2 N–H and O–H groups in total. The van der Waals surface area contributed by atoms with Crippen LogP contribution >= 0.6 is 11.6 Å². The van der Waals surface area contributed by atoms with Crippen LogP contribution in [0.5, 0.6) is 0 Å². The second kappa shape index (κ2) is 5.54. The summed E-state index contributed by atoms with van der Waals surface area (Å²) < 4.78 is 4.14. The Morgan fingerprint density at radius 3 is 2.76 bits per heavy atom. The Hall–Kier alpha value is -1.78. The van der Waals surface area contributed by atoms with E-state index >= 15 is 0 Å². The van der Waals surface area contributed by atoms with Crippen molar-refractivity contribution >= 4 is 22.5 Å². The Bertz CT molecular complexity index is 785. The van der Waals surface area contributed by atoms with E-state index in [-0.39, 0.29) is 0 Å². The van der Waals surface area contributed by atoms with Crippen molar-refractivity contribution in [3.63, 3.8) is 0 Å². The Morgan fingerprint density at radius 1 is 1.29 bits per heavy atom. The van der Waals surface area contributed by atoms with E-state index < -0.39 is 0 Å². The molecule has 21 heavy (non-hydrogen) atoms. The monoisotopic (exact) mass is 302 g/mol. The zero-order valence-corrected chi connectivity index (χ0v) is 13.1. The fourth-order valence-electron chi connectivity index (χ4n) is 2.70. The van der Waals surface area contributed by atoms with Crippen molar-refractivity contribution in [2.75, 3.05) is 0 Å². The van der Waals surface area contributed by atoms with E-state index in [0.29, 0.717) is 6.54 Å². The van der Waals surface area contributed by atoms with Gasteiger partial charge in [-0.05, 0) is 30.2 Å². The van der Waals surface area contributed by atoms with E-state index in [9.17, 15) is 0 Å². The van der Waals surface area contributed by atoms with Crippen LogP contribution in [0.15, 0.2) is 30.5 Å². The third-order valence-corrected chi connectivity index (χ3v) is 4.10. The number of rotatable bonds is 4. The van der Waals surface area contributed by atoms with Crippen LogP contribution in [0.25, 0.3) is 10.9 Å². The van der Waals surface area contributed by atoms with Gasteiger partial charge in [-0.1, -0.05) is 24.6 Å². The van der Waals surface area contributed by atoms with Gasteiger partial charge in [-0.15, -0.1) is 0 Å². The first-order valence-corrected chi connectivity index (χ1v) is 7.49. The summed E-state index contributed by atoms with van der Waals surface area (Å²) in [6.45, 7) is 3.40. The average molecular weight is 303 g/mol. The molecule has 5 heteroatoms. The molecule has 2 aromatic heterocycles. The number of hydrogen-bond donors (Lipinski definition) is 1. The normalized spacial score (nSPS) is 11.4. The summed E-state index contributed by atoms with van der Waals surface area (Å²) in [5, 5.41) is 6.41. The molecule has 0 aliphatic rings. The largest absolute Gasteiger partial charge is 0.341 e. The predicted octanol–water partition coefficient (Wildman–Crippen LogP) is 3.10. The first kappa shape index (κ1) is 14.2. The Morgan fingerprint density at radius 2 is 2.10 bits per heavy atom. The fraction of sp³-hybridized carbons (Fsp3) is 0.312. The van der Waals surface area contributed by atoms with Gasteiger partial charge >= 0.3 is 0 Å². The second-order valence-electron chi connectivity index (χ2n) is 5.25. The summed E-state index contributed by atoms with van der Waals surface area (Å²) in [6, 6.07) is 8.09. The molecule has 1 aromatic carbocycles. The van der Waals surface area contributed by atoms with E-state index in [1.165, 1.54) is 11.1 Å². The third kappa shape index (κ3) is 2.57. The number of aromatic nitrogens is 3. The van der Waals surface area contributed by atoms with Gasteiger partial charge in [0.25, 0.3) is 0 Å². The number of fused-ring (bicyclic) bond motifs is 1. The van der Waals surface area contributed by atoms with Gasteiger partial charge in [0, 0.05) is 30.2 Å². The molecule has 0 saturated heterocycles. The lowest BCUT2D eigenvalue weighted by Crippen LogP contribution is -2.04. The lowest BCUT2D eigenvalue weighted by molar-refractivity contribution is 0.669. The lowest BCUT2D eigenvalue weighted by Gasteiger charge is -2.06. The number of nitrogens with zero attached hydrogens (tertiary/aromatic N) is 3. The van der Waals surface area contributed by atoms with Gasteiger partial charge in [0.2, 0.25) is 0 Å². The minimum Gasteiger partial charge on any atom is -0.341 e. The molecule has 3 aromatic rings. The van der Waals surface area contributed by atoms with Crippen LogP contribution in [0.3, 0.4) is 0 Å². The summed E-state index contributed by atoms with van der Waals surface area (Å²) in [5.74, 6) is 0. The van der Waals surface area contributed by atoms with Gasteiger partial charge < -0.3 is 10.3 Å². The van der Waals surface area contributed by atoms with E-state index in [1.54, 1.807) is 0 Å². The average Bonchev–Trinajstić information content (AvgIpc) is 3.00. The molecular weight excluding hydrogens is 284 g/mol. The van der Waals surface area contributed by atoms with Crippen LogP contribution in [0.1, 0.15) is 23.9 Å². The maximum Gasteiger partial charge on any atom is 0.0645 e. The number of aryl methyl sites for hydroxylation is 2. The Kier molecular flexibility index (Phi) is 3.74. The summed E-state index contributed by atoms with van der Waals surface area (Å²) >= 11 is 6.14. The molecule has 0 fully saturated rings. The number of benzene rings is 1. The van der Waals surface area contributed by atoms with Crippen molar-refractivity contribution < 1.29 is 0 Å². The van der Waals surface area contributed by atoms with Crippen LogP contribution in [0.4, 0.5) is 0 Å². The molecule has 0 radical (unpaired) electrons.